The maximum atomic E-state index is 12.5. The zero-order chi connectivity index (χ0) is 24.8. The highest BCUT2D eigenvalue weighted by atomic mass is 16.5. The van der Waals surface area contributed by atoms with Crippen LogP contribution in [0.25, 0.3) is 0 Å². The zero-order valence-electron chi connectivity index (χ0n) is 20.6. The summed E-state index contributed by atoms with van der Waals surface area (Å²) in [6.45, 7) is 3.43. The second-order valence-electron chi connectivity index (χ2n) is 9.86. The third kappa shape index (κ3) is 6.68. The minimum atomic E-state index is -0.592. The van der Waals surface area contributed by atoms with E-state index in [0.717, 1.165) is 62.6 Å². The van der Waals surface area contributed by atoms with Crippen LogP contribution in [0.3, 0.4) is 0 Å². The van der Waals surface area contributed by atoms with Gasteiger partial charge in [0.25, 0.3) is 0 Å². The molecular formula is C26H35N5O4. The van der Waals surface area contributed by atoms with Gasteiger partial charge >= 0.3 is 0 Å². The van der Waals surface area contributed by atoms with E-state index < -0.39 is 5.54 Å². The Kier molecular flexibility index (Phi) is 7.83. The molecule has 3 N–H and O–H groups in total. The molecule has 9 heteroatoms. The lowest BCUT2D eigenvalue weighted by Gasteiger charge is -2.30. The molecule has 0 saturated heterocycles. The van der Waals surface area contributed by atoms with Gasteiger partial charge in [0, 0.05) is 31.4 Å². The van der Waals surface area contributed by atoms with Crippen molar-refractivity contribution in [2.24, 2.45) is 5.92 Å². The molecule has 9 nitrogen and oxygen atoms in total. The van der Waals surface area contributed by atoms with E-state index in [1.165, 1.54) is 6.92 Å². The van der Waals surface area contributed by atoms with Gasteiger partial charge in [-0.05, 0) is 50.3 Å². The van der Waals surface area contributed by atoms with Crippen molar-refractivity contribution in [3.8, 4) is 0 Å². The fourth-order valence-electron chi connectivity index (χ4n) is 4.69. The second kappa shape index (κ2) is 11.0. The van der Waals surface area contributed by atoms with Gasteiger partial charge < -0.3 is 20.5 Å². The molecule has 0 spiro atoms. The number of aromatic nitrogens is 2. The molecule has 3 amide bonds. The standard InChI is InChI=1S/C26H35N5O4/c1-17(19-9-11-21(12-10-19)28-24(34)20-7-8-20)27-22(33)13-14-23-29-25(31-35-23)26(30-18(2)32)15-5-3-4-6-16-26/h9-12,17,20H,3-8,13-16H2,1-2H3,(H,27,33)(H,28,34)(H,30,32). The predicted octanol–water partition coefficient (Wildman–Crippen LogP) is 3.91. The van der Waals surface area contributed by atoms with Gasteiger partial charge in [0.05, 0.1) is 6.04 Å². The van der Waals surface area contributed by atoms with Gasteiger partial charge in [0.15, 0.2) is 5.82 Å². The number of nitrogens with zero attached hydrogens (tertiary/aromatic N) is 2. The monoisotopic (exact) mass is 481 g/mol. The highest BCUT2D eigenvalue weighted by molar-refractivity contribution is 5.94. The SMILES string of the molecule is CC(=O)NC1(c2noc(CCC(=O)NC(C)c3ccc(NC(=O)C4CC4)cc3)n2)CCCCCC1. The Labute approximate surface area is 205 Å². The summed E-state index contributed by atoms with van der Waals surface area (Å²) >= 11 is 0. The lowest BCUT2D eigenvalue weighted by Crippen LogP contribution is -2.45. The van der Waals surface area contributed by atoms with E-state index in [2.05, 4.69) is 26.1 Å². The highest BCUT2D eigenvalue weighted by Gasteiger charge is 2.38. The van der Waals surface area contributed by atoms with Crippen LogP contribution >= 0.6 is 0 Å². The number of carbonyl (C=O) groups excluding carboxylic acids is 3. The van der Waals surface area contributed by atoms with Crippen molar-refractivity contribution < 1.29 is 18.9 Å². The Morgan fingerprint density at radius 3 is 2.40 bits per heavy atom. The van der Waals surface area contributed by atoms with Crippen LogP contribution in [-0.4, -0.2) is 27.9 Å². The molecule has 2 fully saturated rings. The van der Waals surface area contributed by atoms with E-state index in [-0.39, 0.29) is 36.1 Å². The molecule has 1 aromatic carbocycles. The van der Waals surface area contributed by atoms with Gasteiger partial charge in [-0.25, -0.2) is 0 Å². The first kappa shape index (κ1) is 24.9. The molecule has 188 valence electrons. The van der Waals surface area contributed by atoms with Crippen LogP contribution in [-0.2, 0) is 26.3 Å². The van der Waals surface area contributed by atoms with Gasteiger partial charge in [0.2, 0.25) is 23.6 Å². The Bertz CT molecular complexity index is 1040. The van der Waals surface area contributed by atoms with E-state index in [1.807, 2.05) is 31.2 Å². The molecular weight excluding hydrogens is 446 g/mol. The predicted molar refractivity (Wildman–Crippen MR) is 130 cm³/mol. The van der Waals surface area contributed by atoms with Crippen LogP contribution in [0.5, 0.6) is 0 Å². The van der Waals surface area contributed by atoms with Crippen LogP contribution in [0.1, 0.15) is 95.0 Å². The summed E-state index contributed by atoms with van der Waals surface area (Å²) in [4.78, 5) is 40.9. The molecule has 2 saturated carbocycles. The lowest BCUT2D eigenvalue weighted by molar-refractivity contribution is -0.122. The van der Waals surface area contributed by atoms with Crippen LogP contribution < -0.4 is 16.0 Å². The van der Waals surface area contributed by atoms with Gasteiger partial charge in [-0.15, -0.1) is 0 Å². The Morgan fingerprint density at radius 1 is 1.09 bits per heavy atom. The molecule has 0 bridgehead atoms. The van der Waals surface area contributed by atoms with Crippen LogP contribution in [0.2, 0.25) is 0 Å². The van der Waals surface area contributed by atoms with E-state index in [0.29, 0.717) is 18.1 Å². The van der Waals surface area contributed by atoms with Crippen molar-refractivity contribution >= 4 is 23.4 Å². The topological polar surface area (TPSA) is 126 Å². The summed E-state index contributed by atoms with van der Waals surface area (Å²) in [5.74, 6) is 0.912. The quantitative estimate of drug-likeness (QED) is 0.466. The second-order valence-corrected chi connectivity index (χ2v) is 9.86. The normalized spacial score (nSPS) is 18.2. The summed E-state index contributed by atoms with van der Waals surface area (Å²) < 4.78 is 5.44. The van der Waals surface area contributed by atoms with Crippen molar-refractivity contribution in [3.05, 3.63) is 41.5 Å². The maximum Gasteiger partial charge on any atom is 0.227 e. The fourth-order valence-corrected chi connectivity index (χ4v) is 4.69. The average molecular weight is 482 g/mol. The number of aryl methyl sites for hydroxylation is 1. The summed E-state index contributed by atoms with van der Waals surface area (Å²) in [5, 5.41) is 13.2. The molecule has 1 aromatic heterocycles. The van der Waals surface area contributed by atoms with Gasteiger partial charge in [-0.1, -0.05) is 43.0 Å². The number of benzene rings is 1. The fraction of sp³-hybridized carbons (Fsp3) is 0.577. The van der Waals surface area contributed by atoms with Crippen LogP contribution in [0, 0.1) is 5.92 Å². The Hall–Kier alpha value is -3.23. The van der Waals surface area contributed by atoms with Gasteiger partial charge in [-0.2, -0.15) is 4.98 Å². The Balaban J connectivity index is 1.29. The van der Waals surface area contributed by atoms with E-state index in [1.54, 1.807) is 0 Å². The molecule has 2 aliphatic carbocycles. The summed E-state index contributed by atoms with van der Waals surface area (Å²) in [6, 6.07) is 7.36. The van der Waals surface area contributed by atoms with Crippen LogP contribution in [0.4, 0.5) is 5.69 Å². The van der Waals surface area contributed by atoms with Crippen LogP contribution in [0.15, 0.2) is 28.8 Å². The molecule has 0 radical (unpaired) electrons. The number of nitrogens with one attached hydrogen (secondary N) is 3. The lowest BCUT2D eigenvalue weighted by atomic mass is 9.89. The summed E-state index contributed by atoms with van der Waals surface area (Å²) in [6.07, 6.45) is 8.30. The summed E-state index contributed by atoms with van der Waals surface area (Å²) in [7, 11) is 0. The average Bonchev–Trinajstić information content (AvgIpc) is 3.61. The van der Waals surface area contributed by atoms with E-state index >= 15 is 0 Å². The first-order valence-corrected chi connectivity index (χ1v) is 12.7. The molecule has 4 rings (SSSR count). The number of rotatable bonds is 9. The molecule has 1 heterocycles. The molecule has 2 aliphatic rings. The number of hydrogen-bond donors (Lipinski definition) is 3. The zero-order valence-corrected chi connectivity index (χ0v) is 20.6. The number of carbonyl (C=O) groups is 3. The third-order valence-corrected chi connectivity index (χ3v) is 6.84. The molecule has 35 heavy (non-hydrogen) atoms. The molecule has 1 unspecified atom stereocenters. The van der Waals surface area contributed by atoms with Crippen molar-refractivity contribution in [2.75, 3.05) is 5.32 Å². The Morgan fingerprint density at radius 2 is 1.77 bits per heavy atom. The van der Waals surface area contributed by atoms with Crippen molar-refractivity contribution in [3.63, 3.8) is 0 Å². The molecule has 0 aliphatic heterocycles. The first-order valence-electron chi connectivity index (χ1n) is 12.7. The minimum absolute atomic E-state index is 0.0744. The number of hydrogen-bond acceptors (Lipinski definition) is 6. The van der Waals surface area contributed by atoms with Crippen molar-refractivity contribution in [1.29, 1.82) is 0 Å². The van der Waals surface area contributed by atoms with Crippen molar-refractivity contribution in [2.45, 2.75) is 89.6 Å². The molecule has 1 atom stereocenters. The smallest absolute Gasteiger partial charge is 0.227 e. The van der Waals surface area contributed by atoms with Gasteiger partial charge in [-0.3, -0.25) is 14.4 Å². The number of amides is 3. The molecule has 2 aromatic rings. The van der Waals surface area contributed by atoms with Crippen molar-refractivity contribution in [1.82, 2.24) is 20.8 Å². The highest BCUT2D eigenvalue weighted by Crippen LogP contribution is 2.34. The van der Waals surface area contributed by atoms with E-state index in [9.17, 15) is 14.4 Å². The minimum Gasteiger partial charge on any atom is -0.350 e. The number of anilines is 1. The third-order valence-electron chi connectivity index (χ3n) is 6.84. The van der Waals surface area contributed by atoms with Gasteiger partial charge in [0.1, 0.15) is 5.54 Å². The largest absolute Gasteiger partial charge is 0.350 e. The summed E-state index contributed by atoms with van der Waals surface area (Å²) in [5.41, 5.74) is 1.13. The maximum absolute atomic E-state index is 12.5. The first-order chi connectivity index (χ1) is 16.8. The van der Waals surface area contributed by atoms with E-state index in [4.69, 9.17) is 4.52 Å².